The second-order valence-corrected chi connectivity index (χ2v) is 6.24. The average Bonchev–Trinajstić information content (AvgIpc) is 2.86. The number of aromatic nitrogens is 1. The van der Waals surface area contributed by atoms with E-state index in [0.717, 1.165) is 23.0 Å². The zero-order valence-corrected chi connectivity index (χ0v) is 12.7. The Morgan fingerprint density at radius 2 is 2.05 bits per heavy atom. The van der Waals surface area contributed by atoms with Crippen molar-refractivity contribution in [1.82, 2.24) is 10.3 Å². The third-order valence-electron chi connectivity index (χ3n) is 4.88. The van der Waals surface area contributed by atoms with Crippen LogP contribution in [0.2, 0.25) is 0 Å². The van der Waals surface area contributed by atoms with Gasteiger partial charge in [0, 0.05) is 17.1 Å². The van der Waals surface area contributed by atoms with Gasteiger partial charge >= 0.3 is 0 Å². The molecule has 1 heterocycles. The maximum absolute atomic E-state index is 4.59. The topological polar surface area (TPSA) is 24.9 Å². The second-order valence-electron chi connectivity index (χ2n) is 6.24. The van der Waals surface area contributed by atoms with Gasteiger partial charge in [-0.15, -0.1) is 0 Å². The molecule has 106 valence electrons. The first-order valence-electron chi connectivity index (χ1n) is 7.73. The summed E-state index contributed by atoms with van der Waals surface area (Å²) < 4.78 is 0. The molecule has 3 unspecified atom stereocenters. The summed E-state index contributed by atoms with van der Waals surface area (Å²) in [7, 11) is 2.09. The minimum atomic E-state index is 0.471. The number of pyridine rings is 1. The Balaban J connectivity index is 1.97. The van der Waals surface area contributed by atoms with Crippen molar-refractivity contribution < 1.29 is 0 Å². The Bertz CT molecular complexity index is 605. The number of nitrogens with one attached hydrogen (secondary N) is 1. The van der Waals surface area contributed by atoms with Gasteiger partial charge in [0.2, 0.25) is 0 Å². The van der Waals surface area contributed by atoms with Crippen molar-refractivity contribution in [3.05, 3.63) is 41.6 Å². The van der Waals surface area contributed by atoms with E-state index in [2.05, 4.69) is 54.6 Å². The summed E-state index contributed by atoms with van der Waals surface area (Å²) in [5.41, 5.74) is 3.59. The Hall–Kier alpha value is -1.41. The second kappa shape index (κ2) is 5.53. The lowest BCUT2D eigenvalue weighted by Crippen LogP contribution is -2.26. The molecular weight excluding hydrogens is 244 g/mol. The number of rotatable bonds is 3. The molecule has 0 spiro atoms. The van der Waals surface area contributed by atoms with Crippen LogP contribution in [0.15, 0.2) is 30.3 Å². The highest BCUT2D eigenvalue weighted by Crippen LogP contribution is 2.40. The van der Waals surface area contributed by atoms with E-state index in [1.165, 1.54) is 30.2 Å². The van der Waals surface area contributed by atoms with Gasteiger partial charge in [0.1, 0.15) is 0 Å². The largest absolute Gasteiger partial charge is 0.313 e. The molecule has 1 aliphatic carbocycles. The molecular formula is C18H24N2. The van der Waals surface area contributed by atoms with Crippen molar-refractivity contribution in [2.45, 2.75) is 39.2 Å². The molecule has 1 aromatic heterocycles. The summed E-state index contributed by atoms with van der Waals surface area (Å²) in [5.74, 6) is 1.58. The van der Waals surface area contributed by atoms with Gasteiger partial charge in [-0.1, -0.05) is 31.9 Å². The molecule has 1 N–H and O–H groups in total. The summed E-state index contributed by atoms with van der Waals surface area (Å²) in [5, 5.41) is 4.80. The molecule has 1 aromatic carbocycles. The first kappa shape index (κ1) is 13.6. The van der Waals surface area contributed by atoms with Gasteiger partial charge in [-0.25, -0.2) is 0 Å². The number of aryl methyl sites for hydroxylation is 1. The Morgan fingerprint density at radius 1 is 1.20 bits per heavy atom. The predicted molar refractivity (Wildman–Crippen MR) is 84.8 cm³/mol. The van der Waals surface area contributed by atoms with Crippen molar-refractivity contribution in [2.75, 3.05) is 7.05 Å². The van der Waals surface area contributed by atoms with Crippen LogP contribution in [-0.2, 0) is 0 Å². The summed E-state index contributed by atoms with van der Waals surface area (Å²) in [6, 6.07) is 11.5. The van der Waals surface area contributed by atoms with Gasteiger partial charge in [-0.2, -0.15) is 0 Å². The molecule has 1 saturated carbocycles. The molecule has 2 heteroatoms. The first-order chi connectivity index (χ1) is 9.69. The zero-order valence-electron chi connectivity index (χ0n) is 12.7. The van der Waals surface area contributed by atoms with Gasteiger partial charge < -0.3 is 5.32 Å². The zero-order chi connectivity index (χ0) is 14.1. The normalized spacial score (nSPS) is 24.1. The summed E-state index contributed by atoms with van der Waals surface area (Å²) >= 11 is 0. The van der Waals surface area contributed by atoms with Crippen molar-refractivity contribution in [2.24, 2.45) is 11.8 Å². The standard InChI is InChI=1S/C18H24N2/c1-12-5-4-6-16(12)18(19-3)15-9-10-17-14(11-15)8-7-13(2)20-17/h7-12,16,18-19H,4-6H2,1-3H3. The molecule has 0 bridgehead atoms. The summed E-state index contributed by atoms with van der Waals surface area (Å²) in [4.78, 5) is 4.59. The molecule has 3 atom stereocenters. The fourth-order valence-electron chi connectivity index (χ4n) is 3.74. The van der Waals surface area contributed by atoms with E-state index in [9.17, 15) is 0 Å². The summed E-state index contributed by atoms with van der Waals surface area (Å²) in [6.07, 6.45) is 4.09. The van der Waals surface area contributed by atoms with Crippen LogP contribution in [0.5, 0.6) is 0 Å². The molecule has 1 aliphatic rings. The van der Waals surface area contributed by atoms with Gasteiger partial charge in [0.05, 0.1) is 5.52 Å². The van der Waals surface area contributed by atoms with Crippen LogP contribution < -0.4 is 5.32 Å². The number of benzene rings is 1. The van der Waals surface area contributed by atoms with E-state index in [0.29, 0.717) is 6.04 Å². The molecule has 2 aromatic rings. The fourth-order valence-corrected chi connectivity index (χ4v) is 3.74. The fraction of sp³-hybridized carbons (Fsp3) is 0.500. The molecule has 0 radical (unpaired) electrons. The van der Waals surface area contributed by atoms with Crippen LogP contribution >= 0.6 is 0 Å². The summed E-state index contributed by atoms with van der Waals surface area (Å²) in [6.45, 7) is 4.44. The number of hydrogen-bond donors (Lipinski definition) is 1. The smallest absolute Gasteiger partial charge is 0.0705 e. The SMILES string of the molecule is CNC(c1ccc2nc(C)ccc2c1)C1CCCC1C. The maximum atomic E-state index is 4.59. The minimum absolute atomic E-state index is 0.471. The van der Waals surface area contributed by atoms with Gasteiger partial charge in [-0.05, 0) is 56.0 Å². The number of fused-ring (bicyclic) bond motifs is 1. The van der Waals surface area contributed by atoms with Crippen molar-refractivity contribution in [1.29, 1.82) is 0 Å². The molecule has 2 nitrogen and oxygen atoms in total. The lowest BCUT2D eigenvalue weighted by Gasteiger charge is -2.27. The Labute approximate surface area is 121 Å². The third-order valence-corrected chi connectivity index (χ3v) is 4.88. The van der Waals surface area contributed by atoms with E-state index in [4.69, 9.17) is 0 Å². The van der Waals surface area contributed by atoms with Crippen LogP contribution in [0.3, 0.4) is 0 Å². The van der Waals surface area contributed by atoms with E-state index in [1.54, 1.807) is 0 Å². The van der Waals surface area contributed by atoms with Crippen LogP contribution in [0, 0.1) is 18.8 Å². The third kappa shape index (κ3) is 2.45. The predicted octanol–water partition coefficient (Wildman–Crippen LogP) is 4.24. The lowest BCUT2D eigenvalue weighted by molar-refractivity contribution is 0.315. The minimum Gasteiger partial charge on any atom is -0.313 e. The molecule has 20 heavy (non-hydrogen) atoms. The molecule has 0 aliphatic heterocycles. The molecule has 1 fully saturated rings. The van der Waals surface area contributed by atoms with E-state index in [1.807, 2.05) is 6.92 Å². The van der Waals surface area contributed by atoms with Gasteiger partial charge in [0.15, 0.2) is 0 Å². The molecule has 0 saturated heterocycles. The lowest BCUT2D eigenvalue weighted by atomic mass is 9.85. The van der Waals surface area contributed by atoms with Crippen molar-refractivity contribution >= 4 is 10.9 Å². The van der Waals surface area contributed by atoms with E-state index >= 15 is 0 Å². The average molecular weight is 268 g/mol. The Morgan fingerprint density at radius 3 is 2.75 bits per heavy atom. The number of hydrogen-bond acceptors (Lipinski definition) is 2. The highest BCUT2D eigenvalue weighted by molar-refractivity contribution is 5.79. The monoisotopic (exact) mass is 268 g/mol. The molecule has 3 rings (SSSR count). The van der Waals surface area contributed by atoms with E-state index in [-0.39, 0.29) is 0 Å². The van der Waals surface area contributed by atoms with Gasteiger partial charge in [0.25, 0.3) is 0 Å². The van der Waals surface area contributed by atoms with Crippen molar-refractivity contribution in [3.63, 3.8) is 0 Å². The van der Waals surface area contributed by atoms with E-state index < -0.39 is 0 Å². The number of nitrogens with zero attached hydrogens (tertiary/aromatic N) is 1. The van der Waals surface area contributed by atoms with Crippen molar-refractivity contribution in [3.8, 4) is 0 Å². The van der Waals surface area contributed by atoms with Crippen LogP contribution in [0.1, 0.15) is 43.5 Å². The highest BCUT2D eigenvalue weighted by atomic mass is 14.9. The Kier molecular flexibility index (Phi) is 3.75. The van der Waals surface area contributed by atoms with Crippen LogP contribution in [0.4, 0.5) is 0 Å². The quantitative estimate of drug-likeness (QED) is 0.900. The first-order valence-corrected chi connectivity index (χ1v) is 7.73. The molecule has 0 amide bonds. The van der Waals surface area contributed by atoms with Crippen LogP contribution in [-0.4, -0.2) is 12.0 Å². The maximum Gasteiger partial charge on any atom is 0.0705 e. The van der Waals surface area contributed by atoms with Crippen LogP contribution in [0.25, 0.3) is 10.9 Å². The van der Waals surface area contributed by atoms with Gasteiger partial charge in [-0.3, -0.25) is 4.98 Å². The highest BCUT2D eigenvalue weighted by Gasteiger charge is 2.30.